The van der Waals surface area contributed by atoms with Crippen molar-refractivity contribution in [2.24, 2.45) is 5.92 Å². The standard InChI is InChI=1S/C12H14N2O7S/c1-21-11-3-2-9(6-10(11)14(17)18)22(19,20)13-5-4-8(7-13)12(15)16/h2-3,6,8H,4-5,7H2,1H3,(H,15,16). The lowest BCUT2D eigenvalue weighted by Gasteiger charge is -2.16. The lowest BCUT2D eigenvalue weighted by molar-refractivity contribution is -0.386. The highest BCUT2D eigenvalue weighted by Gasteiger charge is 2.36. The monoisotopic (exact) mass is 330 g/mol. The molecule has 0 aromatic heterocycles. The first-order valence-electron chi connectivity index (χ1n) is 6.32. The molecule has 1 heterocycles. The predicted molar refractivity (Wildman–Crippen MR) is 74.2 cm³/mol. The van der Waals surface area contributed by atoms with Crippen LogP contribution in [0.1, 0.15) is 6.42 Å². The summed E-state index contributed by atoms with van der Waals surface area (Å²) >= 11 is 0. The van der Waals surface area contributed by atoms with E-state index in [0.29, 0.717) is 0 Å². The van der Waals surface area contributed by atoms with Crippen LogP contribution in [0.2, 0.25) is 0 Å². The Morgan fingerprint density at radius 2 is 2.18 bits per heavy atom. The van der Waals surface area contributed by atoms with Crippen LogP contribution in [-0.2, 0) is 14.8 Å². The van der Waals surface area contributed by atoms with E-state index in [-0.39, 0.29) is 30.2 Å². The minimum absolute atomic E-state index is 0.0474. The minimum Gasteiger partial charge on any atom is -0.490 e. The van der Waals surface area contributed by atoms with Gasteiger partial charge in [0.05, 0.1) is 22.8 Å². The Hall–Kier alpha value is -2.20. The maximum atomic E-state index is 12.4. The van der Waals surface area contributed by atoms with E-state index in [4.69, 9.17) is 9.84 Å². The fourth-order valence-electron chi connectivity index (χ4n) is 2.27. The summed E-state index contributed by atoms with van der Waals surface area (Å²) in [5.74, 6) is -1.87. The van der Waals surface area contributed by atoms with E-state index >= 15 is 0 Å². The van der Waals surface area contributed by atoms with Gasteiger partial charge in [0.2, 0.25) is 10.0 Å². The SMILES string of the molecule is COc1ccc(S(=O)(=O)N2CCC(C(=O)O)C2)cc1[N+](=O)[O-]. The fourth-order valence-corrected chi connectivity index (χ4v) is 3.79. The number of nitro benzene ring substituents is 1. The van der Waals surface area contributed by atoms with Crippen molar-refractivity contribution in [3.63, 3.8) is 0 Å². The van der Waals surface area contributed by atoms with E-state index in [2.05, 4.69) is 0 Å². The molecule has 1 aliphatic heterocycles. The first-order valence-corrected chi connectivity index (χ1v) is 7.76. The molecule has 1 aliphatic rings. The molecule has 10 heteroatoms. The van der Waals surface area contributed by atoms with Gasteiger partial charge in [-0.2, -0.15) is 4.31 Å². The number of carboxylic acids is 1. The zero-order valence-corrected chi connectivity index (χ0v) is 12.4. The molecule has 0 aliphatic carbocycles. The molecule has 0 radical (unpaired) electrons. The number of sulfonamides is 1. The molecule has 0 amide bonds. The van der Waals surface area contributed by atoms with Crippen molar-refractivity contribution in [3.8, 4) is 5.75 Å². The number of aliphatic carboxylic acids is 1. The average molecular weight is 330 g/mol. The summed E-state index contributed by atoms with van der Waals surface area (Å²) in [4.78, 5) is 20.9. The number of carbonyl (C=O) groups is 1. The highest BCUT2D eigenvalue weighted by molar-refractivity contribution is 7.89. The van der Waals surface area contributed by atoms with E-state index in [0.717, 1.165) is 10.4 Å². The number of benzene rings is 1. The second-order valence-electron chi connectivity index (χ2n) is 4.78. The number of carboxylic acid groups (broad SMARTS) is 1. The Balaban J connectivity index is 2.36. The molecule has 0 saturated carbocycles. The van der Waals surface area contributed by atoms with Crippen LogP contribution in [0.3, 0.4) is 0 Å². The van der Waals surface area contributed by atoms with Gasteiger partial charge in [-0.1, -0.05) is 0 Å². The predicted octanol–water partition coefficient (Wildman–Crippen LogP) is 0.699. The number of ether oxygens (including phenoxy) is 1. The van der Waals surface area contributed by atoms with Crippen molar-refractivity contribution in [2.75, 3.05) is 20.2 Å². The summed E-state index contributed by atoms with van der Waals surface area (Å²) < 4.78 is 30.7. The topological polar surface area (TPSA) is 127 Å². The van der Waals surface area contributed by atoms with Crippen molar-refractivity contribution in [1.29, 1.82) is 0 Å². The van der Waals surface area contributed by atoms with E-state index in [1.54, 1.807) is 0 Å². The van der Waals surface area contributed by atoms with Crippen molar-refractivity contribution >= 4 is 21.7 Å². The van der Waals surface area contributed by atoms with E-state index in [1.165, 1.54) is 19.2 Å². The van der Waals surface area contributed by atoms with Gasteiger partial charge in [-0.15, -0.1) is 0 Å². The van der Waals surface area contributed by atoms with Crippen molar-refractivity contribution in [3.05, 3.63) is 28.3 Å². The molecule has 120 valence electrons. The van der Waals surface area contributed by atoms with Crippen molar-refractivity contribution in [2.45, 2.75) is 11.3 Å². The van der Waals surface area contributed by atoms with Crippen LogP contribution in [-0.4, -0.2) is 48.9 Å². The van der Waals surface area contributed by atoms with Gasteiger partial charge in [0.15, 0.2) is 5.75 Å². The van der Waals surface area contributed by atoms with E-state index in [1.807, 2.05) is 0 Å². The third-order valence-electron chi connectivity index (χ3n) is 3.49. The molecule has 9 nitrogen and oxygen atoms in total. The summed E-state index contributed by atoms with van der Waals surface area (Å²) in [6, 6.07) is 3.33. The van der Waals surface area contributed by atoms with Gasteiger partial charge in [-0.05, 0) is 18.6 Å². The van der Waals surface area contributed by atoms with Crippen molar-refractivity contribution < 1.29 is 28.0 Å². The molecule has 1 atom stereocenters. The largest absolute Gasteiger partial charge is 0.490 e. The molecule has 1 aromatic carbocycles. The second kappa shape index (κ2) is 5.89. The zero-order chi connectivity index (χ0) is 16.5. The van der Waals surface area contributed by atoms with E-state index < -0.39 is 32.5 Å². The number of hydrogen-bond acceptors (Lipinski definition) is 6. The van der Waals surface area contributed by atoms with Crippen LogP contribution >= 0.6 is 0 Å². The van der Waals surface area contributed by atoms with Gasteiger partial charge in [-0.3, -0.25) is 14.9 Å². The van der Waals surface area contributed by atoms with Crippen LogP contribution < -0.4 is 4.74 Å². The third-order valence-corrected chi connectivity index (χ3v) is 5.35. The average Bonchev–Trinajstić information content (AvgIpc) is 2.97. The van der Waals surface area contributed by atoms with Crippen LogP contribution in [0, 0.1) is 16.0 Å². The number of nitrogens with zero attached hydrogens (tertiary/aromatic N) is 2. The fraction of sp³-hybridized carbons (Fsp3) is 0.417. The summed E-state index contributed by atoms with van der Waals surface area (Å²) in [5, 5.41) is 19.9. The molecule has 1 fully saturated rings. The lowest BCUT2D eigenvalue weighted by Crippen LogP contribution is -2.30. The second-order valence-corrected chi connectivity index (χ2v) is 6.72. The Morgan fingerprint density at radius 1 is 1.50 bits per heavy atom. The molecule has 1 N–H and O–H groups in total. The molecule has 2 rings (SSSR count). The lowest BCUT2D eigenvalue weighted by atomic mass is 10.1. The molecule has 1 unspecified atom stereocenters. The third kappa shape index (κ3) is 2.88. The summed E-state index contributed by atoms with van der Waals surface area (Å²) in [7, 11) is -2.73. The molecule has 1 saturated heterocycles. The van der Waals surface area contributed by atoms with Gasteiger partial charge in [-0.25, -0.2) is 8.42 Å². The Bertz CT molecular complexity index is 716. The van der Waals surface area contributed by atoms with Gasteiger partial charge in [0.1, 0.15) is 0 Å². The zero-order valence-electron chi connectivity index (χ0n) is 11.6. The molecule has 1 aromatic rings. The summed E-state index contributed by atoms with van der Waals surface area (Å²) in [6.07, 6.45) is 0.215. The first-order chi connectivity index (χ1) is 10.3. The first kappa shape index (κ1) is 16.2. The van der Waals surface area contributed by atoms with Crippen LogP contribution in [0.15, 0.2) is 23.1 Å². The van der Waals surface area contributed by atoms with Gasteiger partial charge in [0.25, 0.3) is 0 Å². The molecule has 0 spiro atoms. The highest BCUT2D eigenvalue weighted by Crippen LogP contribution is 2.32. The van der Waals surface area contributed by atoms with E-state index in [9.17, 15) is 23.3 Å². The number of rotatable bonds is 5. The molecule has 0 bridgehead atoms. The minimum atomic E-state index is -3.98. The highest BCUT2D eigenvalue weighted by atomic mass is 32.2. The van der Waals surface area contributed by atoms with Crippen LogP contribution in [0.5, 0.6) is 5.75 Å². The van der Waals surface area contributed by atoms with Crippen molar-refractivity contribution in [1.82, 2.24) is 4.31 Å². The normalized spacial score (nSPS) is 19.0. The van der Waals surface area contributed by atoms with Crippen LogP contribution in [0.4, 0.5) is 5.69 Å². The Labute approximate surface area is 126 Å². The van der Waals surface area contributed by atoms with Gasteiger partial charge < -0.3 is 9.84 Å². The smallest absolute Gasteiger partial charge is 0.312 e. The molecule has 22 heavy (non-hydrogen) atoms. The molecular weight excluding hydrogens is 316 g/mol. The number of hydrogen-bond donors (Lipinski definition) is 1. The summed E-state index contributed by atoms with van der Waals surface area (Å²) in [5.41, 5.74) is -0.461. The summed E-state index contributed by atoms with van der Waals surface area (Å²) in [6.45, 7) is -0.0728. The number of nitro groups is 1. The van der Waals surface area contributed by atoms with Crippen LogP contribution in [0.25, 0.3) is 0 Å². The maximum absolute atomic E-state index is 12.4. The van der Waals surface area contributed by atoms with Gasteiger partial charge in [0, 0.05) is 19.2 Å². The Morgan fingerprint density at radius 3 is 2.68 bits per heavy atom. The quantitative estimate of drug-likeness (QED) is 0.621. The van der Waals surface area contributed by atoms with Gasteiger partial charge >= 0.3 is 11.7 Å². The Kier molecular flexibility index (Phi) is 4.33. The number of methoxy groups -OCH3 is 1. The molecular formula is C12H14N2O7S. The maximum Gasteiger partial charge on any atom is 0.312 e.